The third kappa shape index (κ3) is 4.70. The van der Waals surface area contributed by atoms with Crippen molar-refractivity contribution < 1.29 is 18.8 Å². The molecule has 0 bridgehead atoms. The highest BCUT2D eigenvalue weighted by molar-refractivity contribution is 5.76. The van der Waals surface area contributed by atoms with Gasteiger partial charge < -0.3 is 18.9 Å². The summed E-state index contributed by atoms with van der Waals surface area (Å²) in [7, 11) is 1.67. The van der Waals surface area contributed by atoms with Gasteiger partial charge in [0, 0.05) is 44.8 Å². The smallest absolute Gasteiger partial charge is 0.225 e. The maximum Gasteiger partial charge on any atom is 0.225 e. The Kier molecular flexibility index (Phi) is 6.89. The molecular formula is C20H33N3O4. The number of hydrogen-bond acceptors (Lipinski definition) is 6. The van der Waals surface area contributed by atoms with Crippen LogP contribution in [-0.2, 0) is 20.8 Å². The minimum Gasteiger partial charge on any atom is -0.383 e. The van der Waals surface area contributed by atoms with Crippen LogP contribution in [0, 0.1) is 25.7 Å². The van der Waals surface area contributed by atoms with Gasteiger partial charge in [-0.15, -0.1) is 0 Å². The Balaban J connectivity index is 1.52. The van der Waals surface area contributed by atoms with Gasteiger partial charge in [-0.2, -0.15) is 0 Å². The highest BCUT2D eigenvalue weighted by Crippen LogP contribution is 2.36. The lowest BCUT2D eigenvalue weighted by molar-refractivity contribution is -0.134. The predicted molar refractivity (Wildman–Crippen MR) is 101 cm³/mol. The minimum atomic E-state index is 0.0558. The number of likely N-dealkylation sites (tertiary alicyclic amines) is 1. The maximum atomic E-state index is 12.6. The Hall–Kier alpha value is -1.44. The first-order valence-corrected chi connectivity index (χ1v) is 10.1. The van der Waals surface area contributed by atoms with Crippen LogP contribution in [0.5, 0.6) is 0 Å². The maximum absolute atomic E-state index is 12.6. The summed E-state index contributed by atoms with van der Waals surface area (Å²) in [6.07, 6.45) is 1.62. The fourth-order valence-electron chi connectivity index (χ4n) is 4.43. The van der Waals surface area contributed by atoms with Gasteiger partial charge in [-0.1, -0.05) is 5.16 Å². The topological polar surface area (TPSA) is 68.0 Å². The second kappa shape index (κ2) is 9.17. The lowest BCUT2D eigenvalue weighted by Gasteiger charge is -2.35. The zero-order valence-electron chi connectivity index (χ0n) is 17.1. The molecular weight excluding hydrogens is 346 g/mol. The van der Waals surface area contributed by atoms with E-state index < -0.39 is 0 Å². The largest absolute Gasteiger partial charge is 0.383 e. The van der Waals surface area contributed by atoms with E-state index in [0.29, 0.717) is 38.0 Å². The van der Waals surface area contributed by atoms with Gasteiger partial charge in [0.1, 0.15) is 5.76 Å². The third-order valence-corrected chi connectivity index (χ3v) is 6.12. The second-order valence-corrected chi connectivity index (χ2v) is 7.79. The van der Waals surface area contributed by atoms with E-state index in [4.69, 9.17) is 14.0 Å². The molecule has 0 radical (unpaired) electrons. The molecule has 2 saturated heterocycles. The normalized spacial score (nSPS) is 25.6. The van der Waals surface area contributed by atoms with Crippen molar-refractivity contribution in [1.29, 1.82) is 0 Å². The first-order chi connectivity index (χ1) is 13.0. The Morgan fingerprint density at radius 3 is 2.89 bits per heavy atom. The van der Waals surface area contributed by atoms with E-state index in [9.17, 15) is 4.79 Å². The number of nitrogens with zero attached hydrogens (tertiary/aromatic N) is 3. The lowest BCUT2D eigenvalue weighted by atomic mass is 9.83. The molecule has 0 aliphatic carbocycles. The first kappa shape index (κ1) is 20.3. The van der Waals surface area contributed by atoms with Crippen molar-refractivity contribution in [3.8, 4) is 0 Å². The van der Waals surface area contributed by atoms with Crippen molar-refractivity contribution in [2.24, 2.45) is 11.8 Å². The van der Waals surface area contributed by atoms with Gasteiger partial charge in [0.2, 0.25) is 5.91 Å². The fraction of sp³-hybridized carbons (Fsp3) is 0.800. The molecule has 1 aromatic rings. The summed E-state index contributed by atoms with van der Waals surface area (Å²) in [6.45, 7) is 11.6. The van der Waals surface area contributed by atoms with Crippen molar-refractivity contribution in [2.45, 2.75) is 46.3 Å². The monoisotopic (exact) mass is 379 g/mol. The fourth-order valence-corrected chi connectivity index (χ4v) is 4.43. The Bertz CT molecular complexity index is 613. The number of likely N-dealkylation sites (N-methyl/N-ethyl adjacent to an activating group) is 1. The number of rotatable bonds is 8. The first-order valence-electron chi connectivity index (χ1n) is 10.1. The van der Waals surface area contributed by atoms with E-state index in [1.807, 2.05) is 25.7 Å². The average molecular weight is 380 g/mol. The van der Waals surface area contributed by atoms with Crippen LogP contribution in [0.4, 0.5) is 0 Å². The minimum absolute atomic E-state index is 0.0558. The molecule has 0 spiro atoms. The molecule has 3 rings (SSSR count). The summed E-state index contributed by atoms with van der Waals surface area (Å²) in [6, 6.07) is 0. The molecule has 2 fully saturated rings. The summed E-state index contributed by atoms with van der Waals surface area (Å²) in [4.78, 5) is 17.0. The van der Waals surface area contributed by atoms with E-state index in [0.717, 1.165) is 44.1 Å². The Morgan fingerprint density at radius 1 is 1.41 bits per heavy atom. The number of aryl methyl sites for hydroxylation is 2. The summed E-state index contributed by atoms with van der Waals surface area (Å²) in [5.74, 6) is 2.08. The number of hydrogen-bond donors (Lipinski definition) is 0. The molecule has 0 saturated carbocycles. The van der Waals surface area contributed by atoms with Gasteiger partial charge in [0.05, 0.1) is 31.4 Å². The zero-order valence-corrected chi connectivity index (χ0v) is 17.1. The zero-order chi connectivity index (χ0) is 19.4. The molecule has 2 aliphatic heterocycles. The number of carbonyl (C=O) groups excluding carboxylic acids is 1. The molecule has 1 aromatic heterocycles. The van der Waals surface area contributed by atoms with Gasteiger partial charge >= 0.3 is 0 Å². The molecule has 7 nitrogen and oxygen atoms in total. The summed E-state index contributed by atoms with van der Waals surface area (Å²) in [5, 5.41) is 4.06. The van der Waals surface area contributed by atoms with Gasteiger partial charge in [-0.05, 0) is 39.7 Å². The van der Waals surface area contributed by atoms with Crippen molar-refractivity contribution in [2.75, 3.05) is 46.5 Å². The lowest BCUT2D eigenvalue weighted by Crippen LogP contribution is -2.42. The summed E-state index contributed by atoms with van der Waals surface area (Å²) < 4.78 is 16.5. The van der Waals surface area contributed by atoms with Gasteiger partial charge in [0.25, 0.3) is 0 Å². The SMILES string of the molecule is CCN(CCOC)C(=O)C[C@@H]1OC[C@H]2CN(Cc3c(C)noc3C)CC[C@H]21. The molecule has 2 aliphatic rings. The van der Waals surface area contributed by atoms with E-state index >= 15 is 0 Å². The number of amides is 1. The number of ether oxygens (including phenoxy) is 2. The van der Waals surface area contributed by atoms with Gasteiger partial charge in [0.15, 0.2) is 0 Å². The van der Waals surface area contributed by atoms with E-state index in [1.165, 1.54) is 5.56 Å². The van der Waals surface area contributed by atoms with Crippen molar-refractivity contribution in [3.63, 3.8) is 0 Å². The third-order valence-electron chi connectivity index (χ3n) is 6.12. The Morgan fingerprint density at radius 2 is 2.22 bits per heavy atom. The highest BCUT2D eigenvalue weighted by Gasteiger charge is 2.42. The van der Waals surface area contributed by atoms with Crippen molar-refractivity contribution in [3.05, 3.63) is 17.0 Å². The number of methoxy groups -OCH3 is 1. The highest BCUT2D eigenvalue weighted by atomic mass is 16.5. The van der Waals surface area contributed by atoms with Crippen LogP contribution in [0.1, 0.15) is 36.8 Å². The number of aromatic nitrogens is 1. The number of fused-ring (bicyclic) bond motifs is 1. The van der Waals surface area contributed by atoms with Crippen LogP contribution in [-0.4, -0.2) is 73.5 Å². The molecule has 7 heteroatoms. The van der Waals surface area contributed by atoms with Crippen LogP contribution in [0.25, 0.3) is 0 Å². The van der Waals surface area contributed by atoms with Crippen LogP contribution in [0.15, 0.2) is 4.52 Å². The molecule has 3 atom stereocenters. The van der Waals surface area contributed by atoms with Gasteiger partial charge in [-0.3, -0.25) is 9.69 Å². The van der Waals surface area contributed by atoms with Gasteiger partial charge in [-0.25, -0.2) is 0 Å². The summed E-state index contributed by atoms with van der Waals surface area (Å²) in [5.41, 5.74) is 2.19. The molecule has 152 valence electrons. The Labute approximate surface area is 161 Å². The molecule has 0 unspecified atom stereocenters. The van der Waals surface area contributed by atoms with Crippen molar-refractivity contribution >= 4 is 5.91 Å². The van der Waals surface area contributed by atoms with Crippen LogP contribution in [0.3, 0.4) is 0 Å². The van der Waals surface area contributed by atoms with Crippen LogP contribution >= 0.6 is 0 Å². The van der Waals surface area contributed by atoms with E-state index in [2.05, 4.69) is 10.1 Å². The number of carbonyl (C=O) groups is 1. The number of piperidine rings is 1. The molecule has 0 aromatic carbocycles. The van der Waals surface area contributed by atoms with E-state index in [1.54, 1.807) is 7.11 Å². The summed E-state index contributed by atoms with van der Waals surface area (Å²) >= 11 is 0. The predicted octanol–water partition coefficient (Wildman–Crippen LogP) is 2.01. The quantitative estimate of drug-likeness (QED) is 0.688. The molecule has 0 N–H and O–H groups in total. The molecule has 27 heavy (non-hydrogen) atoms. The van der Waals surface area contributed by atoms with E-state index in [-0.39, 0.29) is 12.0 Å². The van der Waals surface area contributed by atoms with Crippen molar-refractivity contribution in [1.82, 2.24) is 15.0 Å². The van der Waals surface area contributed by atoms with Crippen LogP contribution < -0.4 is 0 Å². The molecule has 1 amide bonds. The standard InChI is InChI=1S/C20H33N3O4/c1-5-23(8-9-25-4)20(24)10-19-17-6-7-22(11-16(17)13-26-19)12-18-14(2)21-27-15(18)3/h16-17,19H,5-13H2,1-4H3/t16-,17-,19+/m1/s1. The second-order valence-electron chi connectivity index (χ2n) is 7.79. The average Bonchev–Trinajstić information content (AvgIpc) is 3.20. The van der Waals surface area contributed by atoms with Crippen LogP contribution in [0.2, 0.25) is 0 Å². The molecule has 3 heterocycles.